The second-order valence-electron chi connectivity index (χ2n) is 3.85. The Morgan fingerprint density at radius 2 is 1.89 bits per heavy atom. The van der Waals surface area contributed by atoms with Crippen LogP contribution in [0.4, 0.5) is 4.79 Å². The lowest BCUT2D eigenvalue weighted by Crippen LogP contribution is -2.36. The van der Waals surface area contributed by atoms with Crippen molar-refractivity contribution in [2.24, 2.45) is 0 Å². The Bertz CT molecular complexity index is 636. The van der Waals surface area contributed by atoms with Gasteiger partial charge in [0.1, 0.15) is 5.69 Å². The summed E-state index contributed by atoms with van der Waals surface area (Å²) in [5.41, 5.74) is 0.570. The molecule has 0 saturated heterocycles. The van der Waals surface area contributed by atoms with E-state index in [2.05, 4.69) is 0 Å². The second kappa shape index (κ2) is 5.16. The van der Waals surface area contributed by atoms with Crippen LogP contribution in [0.15, 0.2) is 42.6 Å². The molecule has 0 aliphatic rings. The average Bonchev–Trinajstić information content (AvgIpc) is 2.86. The van der Waals surface area contributed by atoms with Crippen molar-refractivity contribution in [1.29, 1.82) is 0 Å². The molecule has 0 unspecified atom stereocenters. The van der Waals surface area contributed by atoms with Gasteiger partial charge in [-0.1, -0.05) is 23.7 Å². The Morgan fingerprint density at radius 3 is 2.53 bits per heavy atom. The summed E-state index contributed by atoms with van der Waals surface area (Å²) in [7, 11) is 1.35. The molecule has 0 bridgehead atoms. The Kier molecular flexibility index (Phi) is 3.57. The van der Waals surface area contributed by atoms with E-state index in [1.54, 1.807) is 36.4 Å². The summed E-state index contributed by atoms with van der Waals surface area (Å²) >= 11 is 5.97. The van der Waals surface area contributed by atoms with E-state index < -0.39 is 6.09 Å². The van der Waals surface area contributed by atoms with Crippen molar-refractivity contribution in [3.05, 3.63) is 58.9 Å². The normalized spacial score (nSPS) is 10.2. The quantitative estimate of drug-likeness (QED) is 0.878. The first kappa shape index (κ1) is 13.2. The number of ketones is 1. The average molecular weight is 279 g/mol. The molecule has 98 valence electrons. The van der Waals surface area contributed by atoms with Gasteiger partial charge in [0.15, 0.2) is 0 Å². The van der Waals surface area contributed by atoms with Crippen LogP contribution in [-0.4, -0.2) is 28.7 Å². The standard InChI is InChI=1S/C13H11ClN2O3/c1-15(13(18)19)16-8-4-7-11(16)12(17)9-5-2-3-6-10(9)14/h2-8H,1H3,(H,18,19). The number of hydrogen-bond acceptors (Lipinski definition) is 2. The summed E-state index contributed by atoms with van der Waals surface area (Å²) in [6, 6.07) is 9.79. The Morgan fingerprint density at radius 1 is 1.21 bits per heavy atom. The minimum atomic E-state index is -1.16. The van der Waals surface area contributed by atoms with E-state index in [0.29, 0.717) is 10.6 Å². The van der Waals surface area contributed by atoms with Gasteiger partial charge in [0.25, 0.3) is 0 Å². The van der Waals surface area contributed by atoms with E-state index in [9.17, 15) is 9.59 Å². The summed E-state index contributed by atoms with van der Waals surface area (Å²) in [5.74, 6) is -0.330. The highest BCUT2D eigenvalue weighted by Gasteiger charge is 2.19. The van der Waals surface area contributed by atoms with Crippen LogP contribution in [0.2, 0.25) is 5.02 Å². The van der Waals surface area contributed by atoms with Crippen molar-refractivity contribution in [2.45, 2.75) is 0 Å². The Hall–Kier alpha value is -2.27. The number of aromatic nitrogens is 1. The van der Waals surface area contributed by atoms with Crippen molar-refractivity contribution in [1.82, 2.24) is 4.68 Å². The van der Waals surface area contributed by atoms with Gasteiger partial charge in [0.2, 0.25) is 5.78 Å². The zero-order chi connectivity index (χ0) is 14.0. The minimum absolute atomic E-state index is 0.234. The molecule has 1 aromatic carbocycles. The van der Waals surface area contributed by atoms with E-state index in [4.69, 9.17) is 16.7 Å². The fourth-order valence-electron chi connectivity index (χ4n) is 1.69. The lowest BCUT2D eigenvalue weighted by Gasteiger charge is -2.17. The molecule has 6 heteroatoms. The van der Waals surface area contributed by atoms with Gasteiger partial charge in [-0.3, -0.25) is 9.47 Å². The molecule has 5 nitrogen and oxygen atoms in total. The number of halogens is 1. The third-order valence-corrected chi connectivity index (χ3v) is 3.01. The summed E-state index contributed by atoms with van der Waals surface area (Å²) in [4.78, 5) is 23.3. The zero-order valence-electron chi connectivity index (χ0n) is 10.1. The van der Waals surface area contributed by atoms with Gasteiger partial charge >= 0.3 is 6.09 Å². The fourth-order valence-corrected chi connectivity index (χ4v) is 1.91. The van der Waals surface area contributed by atoms with E-state index >= 15 is 0 Å². The number of amides is 1. The van der Waals surface area contributed by atoms with Crippen LogP contribution in [0.1, 0.15) is 16.1 Å². The Labute approximate surface area is 114 Å². The van der Waals surface area contributed by atoms with E-state index in [1.165, 1.54) is 17.9 Å². The molecule has 2 aromatic rings. The predicted molar refractivity (Wildman–Crippen MR) is 71.5 cm³/mol. The summed E-state index contributed by atoms with van der Waals surface area (Å²) < 4.78 is 1.26. The van der Waals surface area contributed by atoms with Gasteiger partial charge in [0.05, 0.1) is 5.02 Å². The maximum atomic E-state index is 12.4. The molecular weight excluding hydrogens is 268 g/mol. The fraction of sp³-hybridized carbons (Fsp3) is 0.0769. The van der Waals surface area contributed by atoms with Crippen LogP contribution in [-0.2, 0) is 0 Å². The van der Waals surface area contributed by atoms with Gasteiger partial charge in [-0.15, -0.1) is 0 Å². The van der Waals surface area contributed by atoms with Crippen LogP contribution in [0, 0.1) is 0 Å². The summed E-state index contributed by atoms with van der Waals surface area (Å²) in [5, 5.41) is 10.2. The van der Waals surface area contributed by atoms with Crippen LogP contribution in [0.3, 0.4) is 0 Å². The first-order chi connectivity index (χ1) is 9.02. The van der Waals surface area contributed by atoms with Gasteiger partial charge in [-0.2, -0.15) is 0 Å². The second-order valence-corrected chi connectivity index (χ2v) is 4.26. The highest BCUT2D eigenvalue weighted by molar-refractivity contribution is 6.34. The molecule has 0 spiro atoms. The highest BCUT2D eigenvalue weighted by atomic mass is 35.5. The number of carbonyl (C=O) groups is 2. The minimum Gasteiger partial charge on any atom is -0.464 e. The van der Waals surface area contributed by atoms with Crippen molar-refractivity contribution < 1.29 is 14.7 Å². The first-order valence-electron chi connectivity index (χ1n) is 5.46. The van der Waals surface area contributed by atoms with Crippen molar-refractivity contribution in [3.63, 3.8) is 0 Å². The molecule has 1 heterocycles. The third-order valence-electron chi connectivity index (χ3n) is 2.68. The summed E-state index contributed by atoms with van der Waals surface area (Å²) in [6.45, 7) is 0. The first-order valence-corrected chi connectivity index (χ1v) is 5.83. The topological polar surface area (TPSA) is 62.5 Å². The zero-order valence-corrected chi connectivity index (χ0v) is 10.8. The van der Waals surface area contributed by atoms with E-state index in [1.807, 2.05) is 0 Å². The number of hydrogen-bond donors (Lipinski definition) is 1. The molecule has 0 radical (unpaired) electrons. The maximum Gasteiger partial charge on any atom is 0.426 e. The molecular formula is C13H11ClN2O3. The molecule has 2 rings (SSSR count). The predicted octanol–water partition coefficient (Wildman–Crippen LogP) is 2.62. The smallest absolute Gasteiger partial charge is 0.426 e. The molecule has 19 heavy (non-hydrogen) atoms. The summed E-state index contributed by atoms with van der Waals surface area (Å²) in [6.07, 6.45) is 0.336. The number of carboxylic acid groups (broad SMARTS) is 1. The lowest BCUT2D eigenvalue weighted by molar-refractivity contribution is 0.103. The number of benzene rings is 1. The maximum absolute atomic E-state index is 12.4. The van der Waals surface area contributed by atoms with Gasteiger partial charge in [-0.25, -0.2) is 9.80 Å². The highest BCUT2D eigenvalue weighted by Crippen LogP contribution is 2.19. The SMILES string of the molecule is CN(C(=O)O)n1cccc1C(=O)c1ccccc1Cl. The largest absolute Gasteiger partial charge is 0.464 e. The van der Waals surface area contributed by atoms with Crippen LogP contribution in [0.5, 0.6) is 0 Å². The van der Waals surface area contributed by atoms with E-state index in [0.717, 1.165) is 5.01 Å². The Balaban J connectivity index is 2.44. The molecule has 0 fully saturated rings. The molecule has 0 saturated carbocycles. The van der Waals surface area contributed by atoms with Crippen molar-refractivity contribution in [3.8, 4) is 0 Å². The monoisotopic (exact) mass is 278 g/mol. The third kappa shape index (κ3) is 2.46. The lowest BCUT2D eigenvalue weighted by atomic mass is 10.1. The van der Waals surface area contributed by atoms with Crippen LogP contribution >= 0.6 is 11.6 Å². The molecule has 0 aliphatic heterocycles. The van der Waals surface area contributed by atoms with Crippen molar-refractivity contribution >= 4 is 23.5 Å². The van der Waals surface area contributed by atoms with E-state index in [-0.39, 0.29) is 11.5 Å². The van der Waals surface area contributed by atoms with Gasteiger partial charge < -0.3 is 5.11 Å². The number of rotatable bonds is 3. The van der Waals surface area contributed by atoms with Crippen molar-refractivity contribution in [2.75, 3.05) is 12.1 Å². The van der Waals surface area contributed by atoms with Crippen LogP contribution in [0.25, 0.3) is 0 Å². The van der Waals surface area contributed by atoms with Gasteiger partial charge in [-0.05, 0) is 24.3 Å². The molecule has 1 N–H and O–H groups in total. The number of nitrogens with zero attached hydrogens (tertiary/aromatic N) is 2. The number of carbonyl (C=O) groups excluding carboxylic acids is 1. The molecule has 1 amide bonds. The molecule has 0 atom stereocenters. The molecule has 0 aliphatic carbocycles. The van der Waals surface area contributed by atoms with Gasteiger partial charge in [0, 0.05) is 18.8 Å². The van der Waals surface area contributed by atoms with Crippen LogP contribution < -0.4 is 5.01 Å². The molecule has 1 aromatic heterocycles.